The standard InChI is InChI=1S/C14H12FN3O/c1-2-3-4-8-19-14-17-13(10-16-18-14)11-6-5-7-12(15)9-11/h1,5-7,9-10H,3-4,8H2. The van der Waals surface area contributed by atoms with E-state index in [1.54, 1.807) is 12.1 Å². The lowest BCUT2D eigenvalue weighted by Gasteiger charge is -2.04. The minimum absolute atomic E-state index is 0.166. The first-order valence-electron chi connectivity index (χ1n) is 5.81. The lowest BCUT2D eigenvalue weighted by atomic mass is 10.2. The summed E-state index contributed by atoms with van der Waals surface area (Å²) in [6.07, 6.45) is 7.96. The molecule has 2 aromatic rings. The highest BCUT2D eigenvalue weighted by atomic mass is 19.1. The number of rotatable bonds is 5. The number of halogens is 1. The van der Waals surface area contributed by atoms with Crippen molar-refractivity contribution in [1.82, 2.24) is 15.2 Å². The average Bonchev–Trinajstić information content (AvgIpc) is 2.44. The van der Waals surface area contributed by atoms with Crippen LogP contribution in [0.1, 0.15) is 12.8 Å². The molecule has 0 aliphatic heterocycles. The van der Waals surface area contributed by atoms with Gasteiger partial charge >= 0.3 is 6.01 Å². The van der Waals surface area contributed by atoms with Crippen LogP contribution in [0.2, 0.25) is 0 Å². The second-order valence-corrected chi connectivity index (χ2v) is 3.79. The molecular formula is C14H12FN3O. The van der Waals surface area contributed by atoms with Crippen LogP contribution in [0.5, 0.6) is 6.01 Å². The molecule has 0 radical (unpaired) electrons. The SMILES string of the molecule is C#CCCCOc1nncc(-c2cccc(F)c2)n1. The zero-order valence-electron chi connectivity index (χ0n) is 10.2. The maximum Gasteiger partial charge on any atom is 0.336 e. The lowest BCUT2D eigenvalue weighted by Crippen LogP contribution is -2.02. The van der Waals surface area contributed by atoms with E-state index in [1.165, 1.54) is 18.3 Å². The predicted molar refractivity (Wildman–Crippen MR) is 68.8 cm³/mol. The van der Waals surface area contributed by atoms with Crippen LogP contribution < -0.4 is 4.74 Å². The van der Waals surface area contributed by atoms with E-state index in [9.17, 15) is 4.39 Å². The molecule has 0 spiro atoms. The van der Waals surface area contributed by atoms with E-state index in [0.29, 0.717) is 24.3 Å². The van der Waals surface area contributed by atoms with E-state index in [-0.39, 0.29) is 11.8 Å². The third-order valence-electron chi connectivity index (χ3n) is 2.36. The summed E-state index contributed by atoms with van der Waals surface area (Å²) in [5, 5.41) is 7.55. The predicted octanol–water partition coefficient (Wildman–Crippen LogP) is 2.47. The summed E-state index contributed by atoms with van der Waals surface area (Å²) in [5.41, 5.74) is 1.14. The summed E-state index contributed by atoms with van der Waals surface area (Å²) in [6.45, 7) is 0.429. The van der Waals surface area contributed by atoms with Crippen molar-refractivity contribution in [2.45, 2.75) is 12.8 Å². The minimum atomic E-state index is -0.326. The van der Waals surface area contributed by atoms with Gasteiger partial charge in [0.15, 0.2) is 0 Å². The van der Waals surface area contributed by atoms with Crippen LogP contribution in [0.3, 0.4) is 0 Å². The average molecular weight is 257 g/mol. The number of hydrogen-bond donors (Lipinski definition) is 0. The van der Waals surface area contributed by atoms with Crippen molar-refractivity contribution in [2.75, 3.05) is 6.61 Å². The van der Waals surface area contributed by atoms with Crippen molar-refractivity contribution < 1.29 is 9.13 Å². The summed E-state index contributed by atoms with van der Waals surface area (Å²) >= 11 is 0. The molecule has 5 heteroatoms. The molecule has 0 unspecified atom stereocenters. The molecule has 0 amide bonds. The van der Waals surface area contributed by atoms with Crippen LogP contribution in [0.25, 0.3) is 11.3 Å². The largest absolute Gasteiger partial charge is 0.462 e. The normalized spacial score (nSPS) is 9.89. The summed E-state index contributed by atoms with van der Waals surface area (Å²) in [6, 6.07) is 6.27. The molecule has 0 N–H and O–H groups in total. The third kappa shape index (κ3) is 3.75. The first-order valence-corrected chi connectivity index (χ1v) is 5.81. The summed E-state index contributed by atoms with van der Waals surface area (Å²) in [7, 11) is 0. The molecule has 4 nitrogen and oxygen atoms in total. The second kappa shape index (κ2) is 6.45. The van der Waals surface area contributed by atoms with Crippen molar-refractivity contribution in [1.29, 1.82) is 0 Å². The molecule has 96 valence electrons. The van der Waals surface area contributed by atoms with Crippen molar-refractivity contribution in [3.05, 3.63) is 36.3 Å². The molecule has 0 atom stereocenters. The van der Waals surface area contributed by atoms with E-state index in [0.717, 1.165) is 6.42 Å². The van der Waals surface area contributed by atoms with E-state index in [1.807, 2.05) is 0 Å². The van der Waals surface area contributed by atoms with Crippen LogP contribution in [0, 0.1) is 18.2 Å². The van der Waals surface area contributed by atoms with Crippen LogP contribution in [0.4, 0.5) is 4.39 Å². The van der Waals surface area contributed by atoms with Gasteiger partial charge in [-0.3, -0.25) is 0 Å². The van der Waals surface area contributed by atoms with Crippen LogP contribution in [-0.4, -0.2) is 21.8 Å². The highest BCUT2D eigenvalue weighted by Gasteiger charge is 2.05. The number of ether oxygens (including phenoxy) is 1. The molecular weight excluding hydrogens is 245 g/mol. The van der Waals surface area contributed by atoms with E-state index >= 15 is 0 Å². The molecule has 2 rings (SSSR count). The Morgan fingerprint density at radius 2 is 2.26 bits per heavy atom. The molecule has 1 aromatic carbocycles. The summed E-state index contributed by atoms with van der Waals surface area (Å²) in [4.78, 5) is 4.17. The number of terminal acetylenes is 1. The van der Waals surface area contributed by atoms with Gasteiger partial charge < -0.3 is 4.74 Å². The molecule has 0 aliphatic carbocycles. The molecule has 19 heavy (non-hydrogen) atoms. The topological polar surface area (TPSA) is 47.9 Å². The number of nitrogens with zero attached hydrogens (tertiary/aromatic N) is 3. The Balaban J connectivity index is 2.09. The molecule has 0 fully saturated rings. The van der Waals surface area contributed by atoms with Crippen LogP contribution >= 0.6 is 0 Å². The fraction of sp³-hybridized carbons (Fsp3) is 0.214. The molecule has 0 saturated heterocycles. The zero-order valence-corrected chi connectivity index (χ0v) is 10.2. The van der Waals surface area contributed by atoms with Gasteiger partial charge in [-0.15, -0.1) is 12.3 Å². The van der Waals surface area contributed by atoms with Gasteiger partial charge in [0.1, 0.15) is 5.82 Å². The molecule has 0 saturated carbocycles. The van der Waals surface area contributed by atoms with Gasteiger partial charge in [-0.25, -0.2) is 4.39 Å². The van der Waals surface area contributed by atoms with Crippen molar-refractivity contribution >= 4 is 0 Å². The maximum absolute atomic E-state index is 13.1. The Hall–Kier alpha value is -2.48. The lowest BCUT2D eigenvalue weighted by molar-refractivity contribution is 0.284. The van der Waals surface area contributed by atoms with Gasteiger partial charge in [0.05, 0.1) is 18.5 Å². The number of unbranched alkanes of at least 4 members (excludes halogenated alkanes) is 1. The molecule has 0 aliphatic rings. The van der Waals surface area contributed by atoms with Gasteiger partial charge in [-0.2, -0.15) is 10.1 Å². The maximum atomic E-state index is 13.1. The Labute approximate surface area is 110 Å². The molecule has 0 bridgehead atoms. The quantitative estimate of drug-likeness (QED) is 0.610. The Morgan fingerprint density at radius 3 is 3.05 bits per heavy atom. The zero-order chi connectivity index (χ0) is 13.5. The van der Waals surface area contributed by atoms with Gasteiger partial charge in [-0.1, -0.05) is 17.2 Å². The Kier molecular flexibility index (Phi) is 4.40. The highest BCUT2D eigenvalue weighted by Crippen LogP contribution is 2.18. The minimum Gasteiger partial charge on any atom is -0.462 e. The number of benzene rings is 1. The molecule has 1 heterocycles. The summed E-state index contributed by atoms with van der Waals surface area (Å²) < 4.78 is 18.5. The van der Waals surface area contributed by atoms with Crippen molar-refractivity contribution in [3.8, 4) is 29.6 Å². The van der Waals surface area contributed by atoms with Gasteiger partial charge in [0, 0.05) is 12.0 Å². The van der Waals surface area contributed by atoms with E-state index < -0.39 is 0 Å². The van der Waals surface area contributed by atoms with Crippen LogP contribution in [-0.2, 0) is 0 Å². The fourth-order valence-electron chi connectivity index (χ4n) is 1.47. The fourth-order valence-corrected chi connectivity index (χ4v) is 1.47. The Bertz CT molecular complexity index is 595. The summed E-state index contributed by atoms with van der Waals surface area (Å²) in [5.74, 6) is 2.19. The second-order valence-electron chi connectivity index (χ2n) is 3.79. The first kappa shape index (κ1) is 13.0. The van der Waals surface area contributed by atoms with Gasteiger partial charge in [-0.05, 0) is 18.6 Å². The monoisotopic (exact) mass is 257 g/mol. The highest BCUT2D eigenvalue weighted by molar-refractivity contribution is 5.57. The molecule has 1 aromatic heterocycles. The number of hydrogen-bond acceptors (Lipinski definition) is 4. The number of aromatic nitrogens is 3. The van der Waals surface area contributed by atoms with Crippen molar-refractivity contribution in [2.24, 2.45) is 0 Å². The third-order valence-corrected chi connectivity index (χ3v) is 2.36. The first-order chi connectivity index (χ1) is 9.29. The van der Waals surface area contributed by atoms with Gasteiger partial charge in [0.2, 0.25) is 0 Å². The van der Waals surface area contributed by atoms with E-state index in [4.69, 9.17) is 11.2 Å². The van der Waals surface area contributed by atoms with Crippen molar-refractivity contribution in [3.63, 3.8) is 0 Å². The van der Waals surface area contributed by atoms with E-state index in [2.05, 4.69) is 21.1 Å². The van der Waals surface area contributed by atoms with Gasteiger partial charge in [0.25, 0.3) is 0 Å². The van der Waals surface area contributed by atoms with Crippen LogP contribution in [0.15, 0.2) is 30.5 Å². The smallest absolute Gasteiger partial charge is 0.336 e. The Morgan fingerprint density at radius 1 is 1.37 bits per heavy atom.